The molecule has 0 spiro atoms. The van der Waals surface area contributed by atoms with E-state index in [9.17, 15) is 0 Å². The summed E-state index contributed by atoms with van der Waals surface area (Å²) in [6.45, 7) is 8.81. The molecule has 1 saturated heterocycles. The molecule has 0 N–H and O–H groups in total. The summed E-state index contributed by atoms with van der Waals surface area (Å²) in [5.74, 6) is 4.55. The molecule has 3 rings (SSSR count). The van der Waals surface area contributed by atoms with Gasteiger partial charge >= 0.3 is 0 Å². The Hall–Kier alpha value is -0.0800. The Kier molecular flexibility index (Phi) is 3.44. The largest absolute Gasteiger partial charge is 0.350 e. The van der Waals surface area contributed by atoms with Gasteiger partial charge in [0.15, 0.2) is 5.79 Å². The zero-order valence-corrected chi connectivity index (χ0v) is 12.2. The summed E-state index contributed by atoms with van der Waals surface area (Å²) in [6, 6.07) is 0. The van der Waals surface area contributed by atoms with Crippen molar-refractivity contribution in [2.75, 3.05) is 13.2 Å². The van der Waals surface area contributed by atoms with Crippen molar-refractivity contribution in [3.63, 3.8) is 0 Å². The maximum absolute atomic E-state index is 5.83. The fourth-order valence-corrected chi connectivity index (χ4v) is 4.69. The van der Waals surface area contributed by atoms with Crippen LogP contribution in [0, 0.1) is 29.6 Å². The summed E-state index contributed by atoms with van der Waals surface area (Å²) >= 11 is 0. The Morgan fingerprint density at radius 3 is 2.39 bits per heavy atom. The third kappa shape index (κ3) is 2.22. The molecular weight excluding hydrogens is 224 g/mol. The Balaban J connectivity index is 1.53. The van der Waals surface area contributed by atoms with Gasteiger partial charge in [0, 0.05) is 6.42 Å². The second kappa shape index (κ2) is 4.79. The van der Waals surface area contributed by atoms with Crippen molar-refractivity contribution < 1.29 is 9.47 Å². The van der Waals surface area contributed by atoms with Crippen LogP contribution < -0.4 is 0 Å². The van der Waals surface area contributed by atoms with Gasteiger partial charge in [0.05, 0.1) is 13.2 Å². The van der Waals surface area contributed by atoms with Gasteiger partial charge in [-0.1, -0.05) is 13.8 Å². The van der Waals surface area contributed by atoms with E-state index in [2.05, 4.69) is 20.8 Å². The molecule has 5 unspecified atom stereocenters. The molecule has 2 aliphatic carbocycles. The Labute approximate surface area is 111 Å². The Bertz CT molecular complexity index is 293. The SMILES string of the molecule is CC1C2CC(CCC3(C)OCCCO3)C(C2)C1C. The number of hydrogen-bond acceptors (Lipinski definition) is 2. The molecule has 1 aliphatic heterocycles. The van der Waals surface area contributed by atoms with Crippen LogP contribution in [0.3, 0.4) is 0 Å². The van der Waals surface area contributed by atoms with Gasteiger partial charge in [0.25, 0.3) is 0 Å². The van der Waals surface area contributed by atoms with Crippen molar-refractivity contribution >= 4 is 0 Å². The minimum absolute atomic E-state index is 0.283. The normalized spacial score (nSPS) is 46.5. The molecule has 2 nitrogen and oxygen atoms in total. The molecule has 3 aliphatic rings. The first-order chi connectivity index (χ1) is 8.59. The molecule has 3 fully saturated rings. The van der Waals surface area contributed by atoms with Crippen LogP contribution in [-0.2, 0) is 9.47 Å². The van der Waals surface area contributed by atoms with Crippen molar-refractivity contribution in [2.45, 2.75) is 58.7 Å². The molecule has 2 heteroatoms. The van der Waals surface area contributed by atoms with E-state index < -0.39 is 0 Å². The smallest absolute Gasteiger partial charge is 0.165 e. The fourth-order valence-electron chi connectivity index (χ4n) is 4.69. The standard InChI is InChI=1S/C16H28O2/c1-11-12(2)15-10-14(11)9-13(15)5-6-16(3)17-7-4-8-18-16/h11-15H,4-10H2,1-3H3. The summed E-state index contributed by atoms with van der Waals surface area (Å²) in [6.07, 6.45) is 6.40. The van der Waals surface area contributed by atoms with E-state index in [-0.39, 0.29) is 5.79 Å². The van der Waals surface area contributed by atoms with Gasteiger partial charge in [-0.15, -0.1) is 0 Å². The van der Waals surface area contributed by atoms with E-state index in [4.69, 9.17) is 9.47 Å². The van der Waals surface area contributed by atoms with E-state index in [0.29, 0.717) is 0 Å². The van der Waals surface area contributed by atoms with Crippen molar-refractivity contribution in [2.24, 2.45) is 29.6 Å². The highest BCUT2D eigenvalue weighted by Gasteiger charge is 2.48. The van der Waals surface area contributed by atoms with Gasteiger partial charge in [-0.3, -0.25) is 0 Å². The van der Waals surface area contributed by atoms with E-state index >= 15 is 0 Å². The molecule has 0 amide bonds. The van der Waals surface area contributed by atoms with Gasteiger partial charge < -0.3 is 9.47 Å². The highest BCUT2D eigenvalue weighted by atomic mass is 16.7. The maximum Gasteiger partial charge on any atom is 0.165 e. The molecule has 1 heterocycles. The van der Waals surface area contributed by atoms with Crippen molar-refractivity contribution in [1.29, 1.82) is 0 Å². The lowest BCUT2D eigenvalue weighted by molar-refractivity contribution is -0.260. The lowest BCUT2D eigenvalue weighted by Crippen LogP contribution is -2.38. The topological polar surface area (TPSA) is 18.5 Å². The quantitative estimate of drug-likeness (QED) is 0.759. The molecule has 0 radical (unpaired) electrons. The van der Waals surface area contributed by atoms with Crippen LogP contribution in [0.4, 0.5) is 0 Å². The molecule has 0 aromatic rings. The lowest BCUT2D eigenvalue weighted by atomic mass is 9.74. The Morgan fingerprint density at radius 1 is 1.06 bits per heavy atom. The molecule has 0 aromatic carbocycles. The van der Waals surface area contributed by atoms with Crippen LogP contribution in [-0.4, -0.2) is 19.0 Å². The average Bonchev–Trinajstić information content (AvgIpc) is 2.89. The van der Waals surface area contributed by atoms with Gasteiger partial charge in [0.1, 0.15) is 0 Å². The van der Waals surface area contributed by atoms with Crippen LogP contribution in [0.5, 0.6) is 0 Å². The van der Waals surface area contributed by atoms with Gasteiger partial charge in [-0.2, -0.15) is 0 Å². The maximum atomic E-state index is 5.83. The zero-order valence-electron chi connectivity index (χ0n) is 12.2. The molecule has 104 valence electrons. The van der Waals surface area contributed by atoms with E-state index in [0.717, 1.165) is 55.6 Å². The summed E-state index contributed by atoms with van der Waals surface area (Å²) in [5, 5.41) is 0. The number of rotatable bonds is 3. The highest BCUT2D eigenvalue weighted by molar-refractivity contribution is 4.97. The second-order valence-corrected chi connectivity index (χ2v) is 7.10. The predicted molar refractivity (Wildman–Crippen MR) is 72.2 cm³/mol. The number of hydrogen-bond donors (Lipinski definition) is 0. The van der Waals surface area contributed by atoms with Gasteiger partial charge in [-0.25, -0.2) is 0 Å². The third-order valence-corrected chi connectivity index (χ3v) is 6.11. The molecule has 5 atom stereocenters. The zero-order chi connectivity index (χ0) is 12.8. The average molecular weight is 252 g/mol. The summed E-state index contributed by atoms with van der Waals surface area (Å²) in [5.41, 5.74) is 0. The van der Waals surface area contributed by atoms with Crippen molar-refractivity contribution in [3.05, 3.63) is 0 Å². The van der Waals surface area contributed by atoms with Gasteiger partial charge in [0.2, 0.25) is 0 Å². The first-order valence-corrected chi connectivity index (χ1v) is 7.87. The molecule has 0 aromatic heterocycles. The van der Waals surface area contributed by atoms with Crippen LogP contribution >= 0.6 is 0 Å². The fraction of sp³-hybridized carbons (Fsp3) is 1.00. The highest BCUT2D eigenvalue weighted by Crippen LogP contribution is 2.56. The molecule has 2 bridgehead atoms. The van der Waals surface area contributed by atoms with Gasteiger partial charge in [-0.05, 0) is 62.2 Å². The monoisotopic (exact) mass is 252 g/mol. The van der Waals surface area contributed by atoms with Crippen LogP contribution in [0.15, 0.2) is 0 Å². The predicted octanol–water partition coefficient (Wildman–Crippen LogP) is 3.85. The minimum atomic E-state index is -0.283. The van der Waals surface area contributed by atoms with Crippen LogP contribution in [0.2, 0.25) is 0 Å². The first kappa shape index (κ1) is 12.9. The van der Waals surface area contributed by atoms with Crippen molar-refractivity contribution in [3.8, 4) is 0 Å². The molecule has 2 saturated carbocycles. The van der Waals surface area contributed by atoms with Crippen molar-refractivity contribution in [1.82, 2.24) is 0 Å². The van der Waals surface area contributed by atoms with Crippen LogP contribution in [0.25, 0.3) is 0 Å². The molecule has 18 heavy (non-hydrogen) atoms. The van der Waals surface area contributed by atoms with E-state index in [1.165, 1.54) is 19.3 Å². The summed E-state index contributed by atoms with van der Waals surface area (Å²) in [7, 11) is 0. The van der Waals surface area contributed by atoms with E-state index in [1.807, 2.05) is 0 Å². The Morgan fingerprint density at radius 2 is 1.78 bits per heavy atom. The van der Waals surface area contributed by atoms with E-state index in [1.54, 1.807) is 0 Å². The number of fused-ring (bicyclic) bond motifs is 2. The third-order valence-electron chi connectivity index (χ3n) is 6.11. The molecular formula is C16H28O2. The number of ether oxygens (including phenoxy) is 2. The first-order valence-electron chi connectivity index (χ1n) is 7.87. The second-order valence-electron chi connectivity index (χ2n) is 7.10. The van der Waals surface area contributed by atoms with Crippen LogP contribution in [0.1, 0.15) is 52.9 Å². The summed E-state index contributed by atoms with van der Waals surface area (Å²) < 4.78 is 11.7. The summed E-state index contributed by atoms with van der Waals surface area (Å²) in [4.78, 5) is 0. The minimum Gasteiger partial charge on any atom is -0.350 e. The lowest BCUT2D eigenvalue weighted by Gasteiger charge is -2.37.